The minimum atomic E-state index is -0.898. The molecule has 230 valence electrons. The lowest BCUT2D eigenvalue weighted by molar-refractivity contribution is -0.122. The number of benzene rings is 3. The van der Waals surface area contributed by atoms with Gasteiger partial charge in [-0.25, -0.2) is 9.69 Å². The van der Waals surface area contributed by atoms with Gasteiger partial charge in [-0.2, -0.15) is 0 Å². The Labute approximate surface area is 263 Å². The Kier molecular flexibility index (Phi) is 10.6. The van der Waals surface area contributed by atoms with E-state index in [1.165, 1.54) is 25.3 Å². The highest BCUT2D eigenvalue weighted by Crippen LogP contribution is 2.38. The molecule has 44 heavy (non-hydrogen) atoms. The molecule has 0 radical (unpaired) electrons. The van der Waals surface area contributed by atoms with E-state index in [0.717, 1.165) is 16.9 Å². The molecule has 11 nitrogen and oxygen atoms in total. The van der Waals surface area contributed by atoms with Crippen LogP contribution in [0.4, 0.5) is 16.2 Å². The first-order valence-corrected chi connectivity index (χ1v) is 14.6. The van der Waals surface area contributed by atoms with Crippen LogP contribution in [0, 0.1) is 6.92 Å². The molecule has 4 rings (SSSR count). The molecule has 1 saturated heterocycles. The number of anilines is 2. The second-order valence-corrected chi connectivity index (χ2v) is 10.5. The van der Waals surface area contributed by atoms with E-state index in [1.54, 1.807) is 37.3 Å². The van der Waals surface area contributed by atoms with Crippen LogP contribution in [0.3, 0.4) is 0 Å². The lowest BCUT2D eigenvalue weighted by Gasteiger charge is -2.27. The molecule has 0 aliphatic carbocycles. The Balaban J connectivity index is 1.58. The molecule has 0 unspecified atom stereocenters. The van der Waals surface area contributed by atoms with Gasteiger partial charge in [0.2, 0.25) is 0 Å². The molecule has 0 saturated carbocycles. The van der Waals surface area contributed by atoms with E-state index < -0.39 is 17.8 Å². The van der Waals surface area contributed by atoms with E-state index in [2.05, 4.69) is 26.6 Å². The molecule has 2 N–H and O–H groups in total. The first-order valence-electron chi connectivity index (χ1n) is 13.8. The highest BCUT2D eigenvalue weighted by Gasteiger charge is 2.37. The van der Waals surface area contributed by atoms with Gasteiger partial charge in [0.25, 0.3) is 17.7 Å². The molecule has 0 spiro atoms. The smallest absolute Gasteiger partial charge is 0.335 e. The molecule has 1 heterocycles. The van der Waals surface area contributed by atoms with Crippen LogP contribution in [0.1, 0.15) is 31.4 Å². The van der Waals surface area contributed by atoms with Gasteiger partial charge in [0.05, 0.1) is 30.5 Å². The van der Waals surface area contributed by atoms with Crippen LogP contribution in [0.15, 0.2) is 64.6 Å². The predicted molar refractivity (Wildman–Crippen MR) is 168 cm³/mol. The van der Waals surface area contributed by atoms with Gasteiger partial charge in [-0.05, 0) is 84.2 Å². The molecule has 0 aromatic heterocycles. The monoisotopic (exact) mass is 665 g/mol. The number of amides is 5. The number of nitrogens with one attached hydrogen (secondary N) is 2. The lowest BCUT2D eigenvalue weighted by Crippen LogP contribution is -2.54. The SMILES string of the molecule is CCCOc1ccc(N2C(=O)NC(=O)/C(=C\c3cc(Br)c(OCC(=O)Nc4ccc(C)cc4)c(OCC)c3)C2=O)cc1OC. The highest BCUT2D eigenvalue weighted by atomic mass is 79.9. The van der Waals surface area contributed by atoms with Gasteiger partial charge < -0.3 is 24.3 Å². The number of aryl methyl sites for hydroxylation is 1. The van der Waals surface area contributed by atoms with E-state index in [9.17, 15) is 19.2 Å². The number of hydrogen-bond acceptors (Lipinski definition) is 8. The van der Waals surface area contributed by atoms with E-state index in [0.29, 0.717) is 33.8 Å². The number of methoxy groups -OCH3 is 1. The fraction of sp³-hybridized carbons (Fsp3) is 0.250. The maximum absolute atomic E-state index is 13.5. The van der Waals surface area contributed by atoms with E-state index >= 15 is 0 Å². The number of hydrogen-bond donors (Lipinski definition) is 2. The topological polar surface area (TPSA) is 132 Å². The Morgan fingerprint density at radius 3 is 2.39 bits per heavy atom. The lowest BCUT2D eigenvalue weighted by atomic mass is 10.1. The van der Waals surface area contributed by atoms with Gasteiger partial charge in [0, 0.05) is 11.8 Å². The number of barbiturate groups is 1. The van der Waals surface area contributed by atoms with E-state index in [4.69, 9.17) is 18.9 Å². The average Bonchev–Trinajstić information content (AvgIpc) is 2.99. The van der Waals surface area contributed by atoms with Crippen molar-refractivity contribution in [3.05, 3.63) is 75.8 Å². The zero-order valence-corrected chi connectivity index (χ0v) is 26.3. The van der Waals surface area contributed by atoms with Crippen molar-refractivity contribution in [3.8, 4) is 23.0 Å². The molecule has 1 fully saturated rings. The number of nitrogens with zero attached hydrogens (tertiary/aromatic N) is 1. The largest absolute Gasteiger partial charge is 0.493 e. The van der Waals surface area contributed by atoms with Crippen molar-refractivity contribution in [1.29, 1.82) is 0 Å². The van der Waals surface area contributed by atoms with Crippen molar-refractivity contribution in [3.63, 3.8) is 0 Å². The van der Waals surface area contributed by atoms with Crippen LogP contribution in [0.5, 0.6) is 23.0 Å². The van der Waals surface area contributed by atoms with Crippen molar-refractivity contribution >= 4 is 57.1 Å². The molecule has 0 atom stereocenters. The molecule has 3 aromatic rings. The molecule has 5 amide bonds. The van der Waals surface area contributed by atoms with Crippen LogP contribution in [0.2, 0.25) is 0 Å². The summed E-state index contributed by atoms with van der Waals surface area (Å²) in [5, 5.41) is 4.98. The van der Waals surface area contributed by atoms with Gasteiger partial charge in [-0.15, -0.1) is 0 Å². The zero-order chi connectivity index (χ0) is 31.8. The second-order valence-electron chi connectivity index (χ2n) is 9.61. The number of carbonyl (C=O) groups excluding carboxylic acids is 4. The summed E-state index contributed by atoms with van der Waals surface area (Å²) >= 11 is 3.44. The predicted octanol–water partition coefficient (Wildman–Crippen LogP) is 5.64. The summed E-state index contributed by atoms with van der Waals surface area (Å²) in [5.74, 6) is -0.725. The van der Waals surface area contributed by atoms with Crippen molar-refractivity contribution < 1.29 is 38.1 Å². The Morgan fingerprint density at radius 1 is 0.955 bits per heavy atom. The molecule has 12 heteroatoms. The third kappa shape index (κ3) is 7.56. The van der Waals surface area contributed by atoms with Crippen molar-refractivity contribution in [1.82, 2.24) is 5.32 Å². The fourth-order valence-electron chi connectivity index (χ4n) is 4.23. The summed E-state index contributed by atoms with van der Waals surface area (Å²) in [6.07, 6.45) is 2.12. The molecule has 0 bridgehead atoms. The van der Waals surface area contributed by atoms with Gasteiger partial charge in [-0.3, -0.25) is 19.7 Å². The van der Waals surface area contributed by atoms with Crippen molar-refractivity contribution in [2.75, 3.05) is 37.1 Å². The normalized spacial score (nSPS) is 13.9. The number of rotatable bonds is 12. The van der Waals surface area contributed by atoms with E-state index in [1.807, 2.05) is 26.0 Å². The first-order chi connectivity index (χ1) is 21.1. The number of ether oxygens (including phenoxy) is 4. The molecule has 1 aliphatic rings. The third-order valence-corrected chi connectivity index (χ3v) is 6.88. The van der Waals surface area contributed by atoms with Crippen LogP contribution in [-0.4, -0.2) is 50.7 Å². The fourth-order valence-corrected chi connectivity index (χ4v) is 4.81. The van der Waals surface area contributed by atoms with Crippen molar-refractivity contribution in [2.45, 2.75) is 27.2 Å². The Hall–Kier alpha value is -4.84. The standard InChI is InChI=1S/C32H32BrN3O8/c1-5-13-43-25-12-11-22(17-26(25)41-4)36-31(39)23(30(38)35-32(36)40)14-20-15-24(33)29(27(16-20)42-6-2)44-18-28(37)34-21-9-7-19(3)8-10-21/h7-12,14-17H,5-6,13,18H2,1-4H3,(H,34,37)(H,35,38,40)/b23-14+. The van der Waals surface area contributed by atoms with Gasteiger partial charge in [0.1, 0.15) is 5.57 Å². The number of urea groups is 1. The number of halogens is 1. The van der Waals surface area contributed by atoms with Gasteiger partial charge >= 0.3 is 6.03 Å². The first kappa shape index (κ1) is 32.1. The minimum absolute atomic E-state index is 0.190. The summed E-state index contributed by atoms with van der Waals surface area (Å²) in [4.78, 5) is 52.4. The maximum Gasteiger partial charge on any atom is 0.335 e. The Bertz CT molecular complexity index is 1600. The van der Waals surface area contributed by atoms with Crippen LogP contribution in [0.25, 0.3) is 6.08 Å². The minimum Gasteiger partial charge on any atom is -0.493 e. The van der Waals surface area contributed by atoms with Gasteiger partial charge in [-0.1, -0.05) is 24.6 Å². The third-order valence-electron chi connectivity index (χ3n) is 6.29. The second kappa shape index (κ2) is 14.6. The van der Waals surface area contributed by atoms with Crippen molar-refractivity contribution in [2.24, 2.45) is 0 Å². The highest BCUT2D eigenvalue weighted by molar-refractivity contribution is 9.10. The molecular weight excluding hydrogens is 634 g/mol. The van der Waals surface area contributed by atoms with E-state index in [-0.39, 0.29) is 41.9 Å². The zero-order valence-electron chi connectivity index (χ0n) is 24.7. The average molecular weight is 667 g/mol. The Morgan fingerprint density at radius 2 is 1.70 bits per heavy atom. The molecule has 3 aromatic carbocycles. The van der Waals surface area contributed by atoms with Gasteiger partial charge in [0.15, 0.2) is 29.6 Å². The number of carbonyl (C=O) groups is 4. The number of imide groups is 2. The quantitative estimate of drug-likeness (QED) is 0.188. The summed E-state index contributed by atoms with van der Waals surface area (Å²) in [6.45, 7) is 6.14. The maximum atomic E-state index is 13.5. The van der Waals surface area contributed by atoms with Crippen LogP contribution < -0.4 is 34.5 Å². The summed E-state index contributed by atoms with van der Waals surface area (Å²) in [5.41, 5.74) is 2.02. The summed E-state index contributed by atoms with van der Waals surface area (Å²) < 4.78 is 23.0. The van der Waals surface area contributed by atoms with Crippen LogP contribution in [-0.2, 0) is 14.4 Å². The molecule has 1 aliphatic heterocycles. The van der Waals surface area contributed by atoms with Crippen LogP contribution >= 0.6 is 15.9 Å². The molecular formula is C32H32BrN3O8. The summed E-state index contributed by atoms with van der Waals surface area (Å²) in [6, 6.07) is 14.2. The summed E-state index contributed by atoms with van der Waals surface area (Å²) in [7, 11) is 1.45.